The Morgan fingerprint density at radius 2 is 2.36 bits per heavy atom. The van der Waals surface area contributed by atoms with E-state index in [1.165, 1.54) is 31.5 Å². The highest BCUT2D eigenvalue weighted by molar-refractivity contribution is 7.99. The molecule has 0 bridgehead atoms. The van der Waals surface area contributed by atoms with Gasteiger partial charge in [-0.25, -0.2) is 15.0 Å². The molecule has 1 saturated heterocycles. The van der Waals surface area contributed by atoms with E-state index in [2.05, 4.69) is 19.7 Å². The lowest BCUT2D eigenvalue weighted by atomic mass is 10.1. The summed E-state index contributed by atoms with van der Waals surface area (Å²) in [6, 6.07) is 0. The number of hydrogen-bond acceptors (Lipinski definition) is 10. The van der Waals surface area contributed by atoms with Gasteiger partial charge < -0.3 is 25.4 Å². The van der Waals surface area contributed by atoms with Crippen molar-refractivity contribution in [2.24, 2.45) is 0 Å². The normalized spacial score (nSPS) is 26.2. The average Bonchev–Trinajstić information content (AvgIpc) is 3.14. The van der Waals surface area contributed by atoms with Gasteiger partial charge in [-0.3, -0.25) is 9.36 Å². The van der Waals surface area contributed by atoms with Crippen LogP contribution in [0.2, 0.25) is 0 Å². The number of fused-ring (bicyclic) bond motifs is 1. The fraction of sp³-hybridized carbons (Fsp3) is 0.571. The number of aromatic nitrogens is 4. The fourth-order valence-electron chi connectivity index (χ4n) is 2.59. The van der Waals surface area contributed by atoms with Gasteiger partial charge in [0, 0.05) is 12.2 Å². The van der Waals surface area contributed by atoms with Crippen molar-refractivity contribution in [3.05, 3.63) is 12.7 Å². The Bertz CT molecular complexity index is 771. The third kappa shape index (κ3) is 3.54. The standard InChI is InChI=1S/C14H19N5O5S/c1-23-10(21)2-3-25-5-14(22)8(20)4-9(24-14)19-7-18-11-12(15)16-6-17-13(11)19/h6-9,20,22H,2-5H2,1H3,(H2,15,16,17)/t8-,9+,14+/m0/s1. The van der Waals surface area contributed by atoms with Gasteiger partial charge in [-0.15, -0.1) is 0 Å². The van der Waals surface area contributed by atoms with E-state index in [9.17, 15) is 15.0 Å². The van der Waals surface area contributed by atoms with Gasteiger partial charge in [-0.2, -0.15) is 11.8 Å². The van der Waals surface area contributed by atoms with Crippen LogP contribution in [0.4, 0.5) is 5.82 Å². The first-order valence-corrected chi connectivity index (χ1v) is 8.76. The Hall–Kier alpha value is -1.95. The van der Waals surface area contributed by atoms with E-state index in [1.807, 2.05) is 0 Å². The Morgan fingerprint density at radius 3 is 3.12 bits per heavy atom. The molecule has 0 aromatic carbocycles. The first kappa shape index (κ1) is 17.9. The van der Waals surface area contributed by atoms with Gasteiger partial charge in [0.2, 0.25) is 5.79 Å². The van der Waals surface area contributed by atoms with E-state index < -0.39 is 18.1 Å². The van der Waals surface area contributed by atoms with E-state index in [0.717, 1.165) is 0 Å². The molecule has 0 amide bonds. The van der Waals surface area contributed by atoms with Gasteiger partial charge in [0.15, 0.2) is 11.5 Å². The van der Waals surface area contributed by atoms with Crippen LogP contribution in [0.25, 0.3) is 11.2 Å². The summed E-state index contributed by atoms with van der Waals surface area (Å²) in [6.45, 7) is 0. The summed E-state index contributed by atoms with van der Waals surface area (Å²) in [5.41, 5.74) is 6.66. The van der Waals surface area contributed by atoms with Crippen molar-refractivity contribution >= 4 is 34.7 Å². The first-order valence-electron chi connectivity index (χ1n) is 7.60. The number of ether oxygens (including phenoxy) is 2. The summed E-state index contributed by atoms with van der Waals surface area (Å²) < 4.78 is 11.8. The minimum absolute atomic E-state index is 0.116. The number of thioether (sulfide) groups is 1. The highest BCUT2D eigenvalue weighted by Crippen LogP contribution is 2.38. The lowest BCUT2D eigenvalue weighted by Crippen LogP contribution is -2.41. The number of rotatable bonds is 6. The monoisotopic (exact) mass is 369 g/mol. The molecule has 2 aromatic heterocycles. The molecule has 0 unspecified atom stereocenters. The van der Waals surface area contributed by atoms with E-state index in [0.29, 0.717) is 16.9 Å². The second-order valence-corrected chi connectivity index (χ2v) is 6.74. The molecule has 10 nitrogen and oxygen atoms in total. The summed E-state index contributed by atoms with van der Waals surface area (Å²) in [5, 5.41) is 20.8. The van der Waals surface area contributed by atoms with Crippen molar-refractivity contribution in [1.82, 2.24) is 19.5 Å². The highest BCUT2D eigenvalue weighted by atomic mass is 32.2. The Kier molecular flexibility index (Phi) is 5.08. The molecule has 3 atom stereocenters. The molecular weight excluding hydrogens is 350 g/mol. The summed E-state index contributed by atoms with van der Waals surface area (Å²) >= 11 is 1.30. The number of carbonyl (C=O) groups is 1. The largest absolute Gasteiger partial charge is 0.469 e. The number of nitrogens with zero attached hydrogens (tertiary/aromatic N) is 4. The molecule has 0 spiro atoms. The van der Waals surface area contributed by atoms with Crippen molar-refractivity contribution in [1.29, 1.82) is 0 Å². The number of aliphatic hydroxyl groups excluding tert-OH is 1. The second-order valence-electron chi connectivity index (χ2n) is 5.63. The van der Waals surface area contributed by atoms with Crippen LogP contribution >= 0.6 is 11.8 Å². The molecule has 2 aromatic rings. The predicted molar refractivity (Wildman–Crippen MR) is 89.4 cm³/mol. The van der Waals surface area contributed by atoms with Gasteiger partial charge in [0.1, 0.15) is 24.2 Å². The Labute approximate surface area is 147 Å². The molecule has 1 aliphatic rings. The van der Waals surface area contributed by atoms with Crippen molar-refractivity contribution in [3.8, 4) is 0 Å². The van der Waals surface area contributed by atoms with Crippen LogP contribution in [0.1, 0.15) is 19.1 Å². The van der Waals surface area contributed by atoms with E-state index in [-0.39, 0.29) is 30.4 Å². The number of nitrogens with two attached hydrogens (primary N) is 1. The number of carbonyl (C=O) groups excluding carboxylic acids is 1. The van der Waals surface area contributed by atoms with Crippen LogP contribution in [0.5, 0.6) is 0 Å². The first-order chi connectivity index (χ1) is 11.9. The number of methoxy groups -OCH3 is 1. The number of imidazole rings is 1. The molecule has 4 N–H and O–H groups in total. The van der Waals surface area contributed by atoms with Gasteiger partial charge in [0.05, 0.1) is 25.6 Å². The number of aliphatic hydroxyl groups is 2. The maximum absolute atomic E-state index is 11.1. The molecule has 3 rings (SSSR count). The van der Waals surface area contributed by atoms with Gasteiger partial charge in [-0.1, -0.05) is 0 Å². The van der Waals surface area contributed by atoms with Crippen LogP contribution in [-0.4, -0.2) is 66.2 Å². The summed E-state index contributed by atoms with van der Waals surface area (Å²) in [4.78, 5) is 23.3. The summed E-state index contributed by atoms with van der Waals surface area (Å²) in [5.74, 6) is -1.23. The van der Waals surface area contributed by atoms with Crippen LogP contribution in [0, 0.1) is 0 Å². The predicted octanol–water partition coefficient (Wildman–Crippen LogP) is -0.327. The molecule has 0 aliphatic carbocycles. The van der Waals surface area contributed by atoms with Gasteiger partial charge >= 0.3 is 5.97 Å². The third-order valence-electron chi connectivity index (χ3n) is 3.97. The minimum atomic E-state index is -1.72. The lowest BCUT2D eigenvalue weighted by molar-refractivity contribution is -0.220. The van der Waals surface area contributed by atoms with E-state index in [1.54, 1.807) is 4.57 Å². The Balaban J connectivity index is 1.67. The van der Waals surface area contributed by atoms with E-state index in [4.69, 9.17) is 10.5 Å². The SMILES string of the molecule is COC(=O)CCSC[C@@]1(O)O[C@@H](n2cnc3c(N)ncnc32)C[C@@H]1O. The number of hydrogen-bond donors (Lipinski definition) is 3. The number of esters is 1. The Morgan fingerprint density at radius 1 is 1.56 bits per heavy atom. The summed E-state index contributed by atoms with van der Waals surface area (Å²) in [6.07, 6.45) is 1.47. The molecule has 1 fully saturated rings. The lowest BCUT2D eigenvalue weighted by Gasteiger charge is -2.25. The van der Waals surface area contributed by atoms with Crippen molar-refractivity contribution in [3.63, 3.8) is 0 Å². The molecule has 3 heterocycles. The maximum atomic E-state index is 11.1. The molecule has 0 radical (unpaired) electrons. The molecule has 0 saturated carbocycles. The summed E-state index contributed by atoms with van der Waals surface area (Å²) in [7, 11) is 1.32. The number of nitrogen functional groups attached to an aromatic ring is 1. The van der Waals surface area contributed by atoms with Crippen molar-refractivity contribution < 1.29 is 24.5 Å². The maximum Gasteiger partial charge on any atom is 0.306 e. The zero-order valence-electron chi connectivity index (χ0n) is 13.5. The zero-order chi connectivity index (χ0) is 18.0. The molecular formula is C14H19N5O5S. The topological polar surface area (TPSA) is 146 Å². The minimum Gasteiger partial charge on any atom is -0.469 e. The third-order valence-corrected chi connectivity index (χ3v) is 5.08. The van der Waals surface area contributed by atoms with E-state index >= 15 is 0 Å². The average molecular weight is 369 g/mol. The van der Waals surface area contributed by atoms with Crippen LogP contribution in [0.15, 0.2) is 12.7 Å². The van der Waals surface area contributed by atoms with Crippen LogP contribution < -0.4 is 5.73 Å². The van der Waals surface area contributed by atoms with Crippen LogP contribution in [-0.2, 0) is 14.3 Å². The molecule has 25 heavy (non-hydrogen) atoms. The van der Waals surface area contributed by atoms with Crippen LogP contribution in [0.3, 0.4) is 0 Å². The molecule has 136 valence electrons. The quantitative estimate of drug-likeness (QED) is 0.457. The molecule has 11 heteroatoms. The second kappa shape index (κ2) is 7.12. The number of anilines is 1. The molecule has 1 aliphatic heterocycles. The zero-order valence-corrected chi connectivity index (χ0v) is 14.3. The fourth-order valence-corrected chi connectivity index (χ4v) is 3.60. The van der Waals surface area contributed by atoms with Crippen molar-refractivity contribution in [2.45, 2.75) is 31.0 Å². The smallest absolute Gasteiger partial charge is 0.306 e. The van der Waals surface area contributed by atoms with Gasteiger partial charge in [0.25, 0.3) is 0 Å². The van der Waals surface area contributed by atoms with Crippen molar-refractivity contribution in [2.75, 3.05) is 24.3 Å². The highest BCUT2D eigenvalue weighted by Gasteiger charge is 2.47. The van der Waals surface area contributed by atoms with Gasteiger partial charge in [-0.05, 0) is 0 Å².